The number of aromatic nitrogens is 1. The maximum absolute atomic E-state index is 5.60. The van der Waals surface area contributed by atoms with Crippen molar-refractivity contribution in [1.29, 1.82) is 0 Å². The summed E-state index contributed by atoms with van der Waals surface area (Å²) in [6.45, 7) is 5.90. The lowest BCUT2D eigenvalue weighted by molar-refractivity contribution is 0.171. The number of hydrogen-bond acceptors (Lipinski definition) is 5. The summed E-state index contributed by atoms with van der Waals surface area (Å²) in [5.74, 6) is 2.47. The molecular weight excluding hydrogens is 256 g/mol. The SMILES string of the molecule is Cc1cc(CNC(C)c2ccc3c(c2)OCCO3)no1. The number of nitrogens with one attached hydrogen (secondary N) is 1. The number of benzene rings is 1. The van der Waals surface area contributed by atoms with Gasteiger partial charge >= 0.3 is 0 Å². The second kappa shape index (κ2) is 5.54. The predicted molar refractivity (Wildman–Crippen MR) is 73.9 cm³/mol. The first-order valence-corrected chi connectivity index (χ1v) is 6.77. The fourth-order valence-corrected chi connectivity index (χ4v) is 2.21. The van der Waals surface area contributed by atoms with Crippen molar-refractivity contribution >= 4 is 0 Å². The molecule has 0 bridgehead atoms. The summed E-state index contributed by atoms with van der Waals surface area (Å²) in [7, 11) is 0. The standard InChI is InChI=1S/C15H18N2O3/c1-10-7-13(17-20-10)9-16-11(2)12-3-4-14-15(8-12)19-6-5-18-14/h3-4,7-8,11,16H,5-6,9H2,1-2H3. The van der Waals surface area contributed by atoms with E-state index in [2.05, 4.69) is 23.5 Å². The largest absolute Gasteiger partial charge is 0.486 e. The van der Waals surface area contributed by atoms with Crippen molar-refractivity contribution < 1.29 is 14.0 Å². The molecule has 3 rings (SSSR count). The fraction of sp³-hybridized carbons (Fsp3) is 0.400. The van der Waals surface area contributed by atoms with Gasteiger partial charge in [0, 0.05) is 18.7 Å². The van der Waals surface area contributed by atoms with E-state index in [1.807, 2.05) is 25.1 Å². The molecule has 0 saturated heterocycles. The minimum atomic E-state index is 0.197. The molecule has 20 heavy (non-hydrogen) atoms. The lowest BCUT2D eigenvalue weighted by atomic mass is 10.1. The Hall–Kier alpha value is -2.01. The number of aryl methyl sites for hydroxylation is 1. The molecule has 5 heteroatoms. The van der Waals surface area contributed by atoms with Crippen LogP contribution in [-0.4, -0.2) is 18.4 Å². The molecule has 1 aromatic carbocycles. The molecule has 5 nitrogen and oxygen atoms in total. The number of ether oxygens (including phenoxy) is 2. The third-order valence-electron chi connectivity index (χ3n) is 3.33. The summed E-state index contributed by atoms with van der Waals surface area (Å²) in [6.07, 6.45) is 0. The van der Waals surface area contributed by atoms with E-state index in [0.717, 1.165) is 28.5 Å². The highest BCUT2D eigenvalue weighted by Gasteiger charge is 2.14. The highest BCUT2D eigenvalue weighted by atomic mass is 16.6. The molecule has 0 radical (unpaired) electrons. The highest BCUT2D eigenvalue weighted by Crippen LogP contribution is 2.32. The fourth-order valence-electron chi connectivity index (χ4n) is 2.21. The second-order valence-electron chi connectivity index (χ2n) is 4.93. The van der Waals surface area contributed by atoms with Gasteiger partial charge in [-0.05, 0) is 31.5 Å². The maximum Gasteiger partial charge on any atom is 0.161 e. The molecule has 0 amide bonds. The van der Waals surface area contributed by atoms with Crippen molar-refractivity contribution in [2.75, 3.05) is 13.2 Å². The zero-order valence-electron chi connectivity index (χ0n) is 11.7. The Balaban J connectivity index is 1.66. The lowest BCUT2D eigenvalue weighted by Crippen LogP contribution is -2.19. The van der Waals surface area contributed by atoms with Gasteiger partial charge in [-0.2, -0.15) is 0 Å². The van der Waals surface area contributed by atoms with Crippen LogP contribution in [0, 0.1) is 6.92 Å². The van der Waals surface area contributed by atoms with Crippen LogP contribution in [0.15, 0.2) is 28.8 Å². The van der Waals surface area contributed by atoms with Gasteiger partial charge in [-0.15, -0.1) is 0 Å². The molecule has 0 saturated carbocycles. The Morgan fingerprint density at radius 1 is 1.20 bits per heavy atom. The van der Waals surface area contributed by atoms with Crippen molar-refractivity contribution in [1.82, 2.24) is 10.5 Å². The zero-order valence-corrected chi connectivity index (χ0v) is 11.7. The van der Waals surface area contributed by atoms with Crippen LogP contribution in [0.1, 0.15) is 30.0 Å². The quantitative estimate of drug-likeness (QED) is 0.928. The van der Waals surface area contributed by atoms with Crippen LogP contribution in [0.2, 0.25) is 0 Å². The average molecular weight is 274 g/mol. The van der Waals surface area contributed by atoms with Gasteiger partial charge in [0.1, 0.15) is 19.0 Å². The maximum atomic E-state index is 5.60. The topological polar surface area (TPSA) is 56.5 Å². The van der Waals surface area contributed by atoms with Crippen molar-refractivity contribution in [3.05, 3.63) is 41.3 Å². The van der Waals surface area contributed by atoms with Crippen LogP contribution in [0.3, 0.4) is 0 Å². The average Bonchev–Trinajstić information content (AvgIpc) is 2.90. The number of rotatable bonds is 4. The van der Waals surface area contributed by atoms with E-state index in [0.29, 0.717) is 19.8 Å². The Morgan fingerprint density at radius 2 is 2.00 bits per heavy atom. The van der Waals surface area contributed by atoms with E-state index >= 15 is 0 Å². The minimum Gasteiger partial charge on any atom is -0.486 e. The molecule has 106 valence electrons. The second-order valence-corrected chi connectivity index (χ2v) is 4.93. The van der Waals surface area contributed by atoms with Crippen LogP contribution in [-0.2, 0) is 6.54 Å². The molecular formula is C15H18N2O3. The van der Waals surface area contributed by atoms with Gasteiger partial charge in [0.15, 0.2) is 11.5 Å². The summed E-state index contributed by atoms with van der Waals surface area (Å²) < 4.78 is 16.2. The molecule has 0 aliphatic carbocycles. The Morgan fingerprint density at radius 3 is 2.75 bits per heavy atom. The molecule has 1 aliphatic rings. The monoisotopic (exact) mass is 274 g/mol. The van der Waals surface area contributed by atoms with E-state index in [-0.39, 0.29) is 6.04 Å². The van der Waals surface area contributed by atoms with Crippen LogP contribution in [0.4, 0.5) is 0 Å². The molecule has 1 atom stereocenters. The summed E-state index contributed by atoms with van der Waals surface area (Å²) in [5, 5.41) is 7.39. The van der Waals surface area contributed by atoms with Crippen LogP contribution in [0.25, 0.3) is 0 Å². The first-order valence-electron chi connectivity index (χ1n) is 6.77. The lowest BCUT2D eigenvalue weighted by Gasteiger charge is -2.21. The molecule has 1 unspecified atom stereocenters. The number of fused-ring (bicyclic) bond motifs is 1. The zero-order chi connectivity index (χ0) is 13.9. The van der Waals surface area contributed by atoms with E-state index in [1.54, 1.807) is 0 Å². The third kappa shape index (κ3) is 2.77. The number of hydrogen-bond donors (Lipinski definition) is 1. The predicted octanol–water partition coefficient (Wildman–Crippen LogP) is 2.61. The molecule has 2 heterocycles. The van der Waals surface area contributed by atoms with Crippen molar-refractivity contribution in [3.63, 3.8) is 0 Å². The molecule has 1 aromatic heterocycles. The molecule has 2 aromatic rings. The minimum absolute atomic E-state index is 0.197. The van der Waals surface area contributed by atoms with Crippen molar-refractivity contribution in [2.24, 2.45) is 0 Å². The molecule has 0 spiro atoms. The molecule has 1 N–H and O–H groups in total. The Labute approximate surface area is 117 Å². The van der Waals surface area contributed by atoms with Gasteiger partial charge < -0.3 is 19.3 Å². The summed E-state index contributed by atoms with van der Waals surface area (Å²) in [4.78, 5) is 0. The van der Waals surface area contributed by atoms with E-state index in [4.69, 9.17) is 14.0 Å². The Kier molecular flexibility index (Phi) is 3.60. The normalized spacial score (nSPS) is 15.1. The van der Waals surface area contributed by atoms with Gasteiger partial charge in [0.2, 0.25) is 0 Å². The summed E-state index contributed by atoms with van der Waals surface area (Å²) in [6, 6.07) is 8.17. The van der Waals surface area contributed by atoms with Crippen LogP contribution in [0.5, 0.6) is 11.5 Å². The third-order valence-corrected chi connectivity index (χ3v) is 3.33. The van der Waals surface area contributed by atoms with Gasteiger partial charge in [0.25, 0.3) is 0 Å². The number of nitrogens with zero attached hydrogens (tertiary/aromatic N) is 1. The first kappa shape index (κ1) is 13.0. The molecule has 1 aliphatic heterocycles. The van der Waals surface area contributed by atoms with Crippen molar-refractivity contribution in [2.45, 2.75) is 26.4 Å². The molecule has 0 fully saturated rings. The van der Waals surface area contributed by atoms with Crippen LogP contribution < -0.4 is 14.8 Å². The summed E-state index contributed by atoms with van der Waals surface area (Å²) in [5.41, 5.74) is 2.07. The van der Waals surface area contributed by atoms with Gasteiger partial charge in [0.05, 0.1) is 5.69 Å². The highest BCUT2D eigenvalue weighted by molar-refractivity contribution is 5.44. The van der Waals surface area contributed by atoms with Crippen molar-refractivity contribution in [3.8, 4) is 11.5 Å². The van der Waals surface area contributed by atoms with E-state index < -0.39 is 0 Å². The first-order chi connectivity index (χ1) is 9.72. The summed E-state index contributed by atoms with van der Waals surface area (Å²) >= 11 is 0. The Bertz CT molecular complexity index is 595. The van der Waals surface area contributed by atoms with Gasteiger partial charge in [-0.3, -0.25) is 0 Å². The van der Waals surface area contributed by atoms with E-state index in [1.165, 1.54) is 0 Å². The van der Waals surface area contributed by atoms with Gasteiger partial charge in [-0.25, -0.2) is 0 Å². The smallest absolute Gasteiger partial charge is 0.161 e. The van der Waals surface area contributed by atoms with Crippen LogP contribution >= 0.6 is 0 Å². The van der Waals surface area contributed by atoms with E-state index in [9.17, 15) is 0 Å². The van der Waals surface area contributed by atoms with Gasteiger partial charge in [-0.1, -0.05) is 11.2 Å².